The van der Waals surface area contributed by atoms with Crippen molar-refractivity contribution in [2.24, 2.45) is 5.92 Å². The zero-order chi connectivity index (χ0) is 40.1. The van der Waals surface area contributed by atoms with Gasteiger partial charge in [-0.05, 0) is 112 Å². The van der Waals surface area contributed by atoms with Crippen LogP contribution in [-0.4, -0.2) is 83.9 Å². The summed E-state index contributed by atoms with van der Waals surface area (Å²) in [5.41, 5.74) is 3.44. The number of piperidine rings is 2. The molecule has 57 heavy (non-hydrogen) atoms. The van der Waals surface area contributed by atoms with E-state index < -0.39 is 24.5 Å². The Kier molecular flexibility index (Phi) is 13.3. The summed E-state index contributed by atoms with van der Waals surface area (Å²) in [6.45, 7) is 0.972. The predicted octanol–water partition coefficient (Wildman–Crippen LogP) is 8.02. The number of unbranched alkanes of at least 4 members (excludes halogenated alkanes) is 4. The quantitative estimate of drug-likeness (QED) is 0.107. The normalized spacial score (nSPS) is 18.9. The number of pyridine rings is 1. The third-order valence-corrected chi connectivity index (χ3v) is 12.0. The molecule has 7 rings (SSSR count). The average Bonchev–Trinajstić information content (AvgIpc) is 3.97. The number of ether oxygens (including phenoxy) is 2. The zero-order valence-electron chi connectivity index (χ0n) is 31.7. The first-order valence-electron chi connectivity index (χ1n) is 19.9. The number of rotatable bonds is 17. The predicted molar refractivity (Wildman–Crippen MR) is 211 cm³/mol. The number of hydrogen-bond donors (Lipinski definition) is 1. The van der Waals surface area contributed by atoms with Gasteiger partial charge in [-0.1, -0.05) is 54.6 Å². The first kappa shape index (κ1) is 40.9. The summed E-state index contributed by atoms with van der Waals surface area (Å²) in [5.74, 6) is -0.567. The van der Waals surface area contributed by atoms with Crippen LogP contribution in [0.2, 0.25) is 10.0 Å². The molecule has 15 heteroatoms. The molecule has 0 spiro atoms. The number of halogens is 4. The topological polar surface area (TPSA) is 121 Å². The number of alkyl halides is 2. The number of likely N-dealkylation sites (tertiary alicyclic amines) is 1. The zero-order valence-corrected chi connectivity index (χ0v) is 33.2. The molecule has 0 radical (unpaired) electrons. The lowest BCUT2D eigenvalue weighted by atomic mass is 9.85. The molecule has 1 aromatic heterocycles. The minimum absolute atomic E-state index is 0.0857. The molecule has 3 aliphatic heterocycles. The molecule has 1 atom stereocenters. The average molecular weight is 827 g/mol. The third-order valence-electron chi connectivity index (χ3n) is 11.4. The summed E-state index contributed by atoms with van der Waals surface area (Å²) >= 11 is 13.0. The molecule has 11 nitrogen and oxygen atoms in total. The first-order valence-corrected chi connectivity index (χ1v) is 20.6. The van der Waals surface area contributed by atoms with Gasteiger partial charge in [0.25, 0.3) is 11.8 Å². The summed E-state index contributed by atoms with van der Waals surface area (Å²) < 4.78 is 36.7. The van der Waals surface area contributed by atoms with E-state index in [9.17, 15) is 28.0 Å². The molecule has 2 aromatic carbocycles. The molecule has 0 bridgehead atoms. The van der Waals surface area contributed by atoms with Gasteiger partial charge in [-0.15, -0.1) is 0 Å². The molecular weight excluding hydrogens is 779 g/mol. The van der Waals surface area contributed by atoms with Gasteiger partial charge in [-0.2, -0.15) is 8.78 Å². The summed E-state index contributed by atoms with van der Waals surface area (Å²) in [7, 11) is 0. The molecular formula is C42H47Cl2F2N5O6. The highest BCUT2D eigenvalue weighted by molar-refractivity contribution is 6.40. The van der Waals surface area contributed by atoms with Crippen molar-refractivity contribution in [1.82, 2.24) is 20.1 Å². The van der Waals surface area contributed by atoms with Crippen LogP contribution in [0.4, 0.5) is 14.5 Å². The third kappa shape index (κ3) is 9.87. The maximum Gasteiger partial charge on any atom is 0.387 e. The second kappa shape index (κ2) is 18.5. The molecule has 304 valence electrons. The number of nitrogens with one attached hydrogen (secondary N) is 1. The van der Waals surface area contributed by atoms with Crippen LogP contribution >= 0.6 is 23.2 Å². The number of carbonyl (C=O) groups excluding carboxylic acids is 4. The molecule has 1 N–H and O–H groups in total. The van der Waals surface area contributed by atoms with Gasteiger partial charge in [-0.25, -0.2) is 0 Å². The highest BCUT2D eigenvalue weighted by Gasteiger charge is 2.40. The Balaban J connectivity index is 0.883. The number of imide groups is 1. The molecule has 4 aliphatic rings. The van der Waals surface area contributed by atoms with E-state index in [1.54, 1.807) is 4.90 Å². The summed E-state index contributed by atoms with van der Waals surface area (Å²) in [5, 5.41) is 2.83. The Labute approximate surface area is 341 Å². The van der Waals surface area contributed by atoms with Gasteiger partial charge in [0.05, 0.1) is 22.3 Å². The van der Waals surface area contributed by atoms with Crippen molar-refractivity contribution in [3.8, 4) is 11.5 Å². The van der Waals surface area contributed by atoms with Crippen LogP contribution in [-0.2, 0) is 16.1 Å². The van der Waals surface area contributed by atoms with Crippen LogP contribution in [0.5, 0.6) is 11.5 Å². The van der Waals surface area contributed by atoms with Crippen molar-refractivity contribution < 1.29 is 37.4 Å². The number of amides is 4. The lowest BCUT2D eigenvalue weighted by Gasteiger charge is -2.33. The van der Waals surface area contributed by atoms with E-state index in [1.807, 2.05) is 12.1 Å². The fourth-order valence-electron chi connectivity index (χ4n) is 8.17. The summed E-state index contributed by atoms with van der Waals surface area (Å²) in [6.07, 6.45) is 12.1. The van der Waals surface area contributed by atoms with E-state index in [-0.39, 0.29) is 45.3 Å². The van der Waals surface area contributed by atoms with Gasteiger partial charge in [0.2, 0.25) is 11.8 Å². The molecule has 1 saturated carbocycles. The molecule has 2 saturated heterocycles. The van der Waals surface area contributed by atoms with Gasteiger partial charge in [-0.3, -0.25) is 29.5 Å². The number of fused-ring (bicyclic) bond motifs is 1. The molecule has 3 aromatic rings. The Bertz CT molecular complexity index is 1950. The number of aromatic nitrogens is 1. The Morgan fingerprint density at radius 3 is 2.39 bits per heavy atom. The Morgan fingerprint density at radius 1 is 0.930 bits per heavy atom. The lowest BCUT2D eigenvalue weighted by Crippen LogP contribution is -2.52. The maximum atomic E-state index is 14.0. The van der Waals surface area contributed by atoms with E-state index in [1.165, 1.54) is 41.1 Å². The van der Waals surface area contributed by atoms with Gasteiger partial charge in [0.15, 0.2) is 11.5 Å². The summed E-state index contributed by atoms with van der Waals surface area (Å²) in [6, 6.07) is 9.48. The van der Waals surface area contributed by atoms with E-state index in [4.69, 9.17) is 27.9 Å². The van der Waals surface area contributed by atoms with E-state index in [0.29, 0.717) is 55.6 Å². The standard InChI is InChI=1S/C42H47Cl2F2N5O6/c43-32-22-47-23-33(44)38(32)50(40(54)28-11-13-35(57-42(45)46)36(21-28)56-25-26-9-10-26)18-5-3-1-2-4-17-49-19-15-27(16-20-49)29-7-6-8-30-31(29)24-51(41(30)55)34-12-14-37(52)48-39(34)53/h6-8,11,13,21-23,26-27,34,42H,1-5,9-10,12,14-20,24-25H2,(H,48,52,53). The molecule has 3 fully saturated rings. The monoisotopic (exact) mass is 825 g/mol. The van der Waals surface area contributed by atoms with E-state index >= 15 is 0 Å². The van der Waals surface area contributed by atoms with Crippen LogP contribution in [0.3, 0.4) is 0 Å². The minimum Gasteiger partial charge on any atom is -0.489 e. The van der Waals surface area contributed by atoms with Crippen LogP contribution in [0.25, 0.3) is 0 Å². The molecule has 4 amide bonds. The van der Waals surface area contributed by atoms with Crippen LogP contribution in [0, 0.1) is 5.92 Å². The fourth-order valence-corrected chi connectivity index (χ4v) is 8.74. The van der Waals surface area contributed by atoms with Crippen LogP contribution in [0.1, 0.15) is 108 Å². The molecule has 4 heterocycles. The molecule has 1 unspecified atom stereocenters. The van der Waals surface area contributed by atoms with Crippen molar-refractivity contribution in [3.05, 3.63) is 81.1 Å². The first-order chi connectivity index (χ1) is 27.6. The summed E-state index contributed by atoms with van der Waals surface area (Å²) in [4.78, 5) is 61.2. The van der Waals surface area contributed by atoms with E-state index in [2.05, 4.69) is 26.0 Å². The van der Waals surface area contributed by atoms with Gasteiger partial charge in [0.1, 0.15) is 6.04 Å². The maximum absolute atomic E-state index is 14.0. The number of carbonyl (C=O) groups is 4. The van der Waals surface area contributed by atoms with Crippen molar-refractivity contribution in [2.75, 3.05) is 37.7 Å². The number of nitrogens with zero attached hydrogens (tertiary/aromatic N) is 4. The van der Waals surface area contributed by atoms with Gasteiger partial charge in [0, 0.05) is 43.0 Å². The van der Waals surface area contributed by atoms with Crippen molar-refractivity contribution in [1.29, 1.82) is 0 Å². The number of anilines is 1. The van der Waals surface area contributed by atoms with Crippen molar-refractivity contribution >= 4 is 52.5 Å². The number of benzene rings is 2. The van der Waals surface area contributed by atoms with Crippen LogP contribution in [0.15, 0.2) is 48.8 Å². The number of hydrogen-bond acceptors (Lipinski definition) is 8. The van der Waals surface area contributed by atoms with E-state index in [0.717, 1.165) is 76.6 Å². The molecule has 1 aliphatic carbocycles. The largest absolute Gasteiger partial charge is 0.489 e. The van der Waals surface area contributed by atoms with Crippen molar-refractivity contribution in [3.63, 3.8) is 0 Å². The SMILES string of the molecule is O=C1CCC(N2Cc3c(cccc3C3CCN(CCCCCCCN(C(=O)c4ccc(OC(F)F)c(OCC5CC5)c4)c4c(Cl)cncc4Cl)CC3)C2=O)C(=O)N1. The lowest BCUT2D eigenvalue weighted by molar-refractivity contribution is -0.136. The Hall–Kier alpha value is -4.33. The van der Waals surface area contributed by atoms with Gasteiger partial charge < -0.3 is 24.2 Å². The second-order valence-electron chi connectivity index (χ2n) is 15.4. The Morgan fingerprint density at radius 2 is 1.67 bits per heavy atom. The van der Waals surface area contributed by atoms with Gasteiger partial charge >= 0.3 is 6.61 Å². The van der Waals surface area contributed by atoms with Crippen LogP contribution < -0.4 is 19.7 Å². The smallest absolute Gasteiger partial charge is 0.387 e. The van der Waals surface area contributed by atoms with Crippen molar-refractivity contribution in [2.45, 2.75) is 95.7 Å². The minimum atomic E-state index is -3.04. The fraction of sp³-hybridized carbons (Fsp3) is 0.500. The highest BCUT2D eigenvalue weighted by atomic mass is 35.5. The highest BCUT2D eigenvalue weighted by Crippen LogP contribution is 2.39. The second-order valence-corrected chi connectivity index (χ2v) is 16.2.